The van der Waals surface area contributed by atoms with Crippen molar-refractivity contribution in [1.82, 2.24) is 15.1 Å². The first-order valence-electron chi connectivity index (χ1n) is 9.81. The fraction of sp³-hybridized carbons (Fsp3) is 0.304. The number of aryl methyl sites for hydroxylation is 1. The first kappa shape index (κ1) is 20.5. The van der Waals surface area contributed by atoms with Gasteiger partial charge in [-0.05, 0) is 30.5 Å². The third-order valence-electron chi connectivity index (χ3n) is 4.76. The Bertz CT molecular complexity index is 986. The Hall–Kier alpha value is -3.28. The smallest absolute Gasteiger partial charge is 0.319 e. The molecule has 4 N–H and O–H groups in total. The van der Waals surface area contributed by atoms with Crippen LogP contribution in [0.5, 0.6) is 0 Å². The molecule has 0 aliphatic carbocycles. The van der Waals surface area contributed by atoms with Crippen LogP contribution in [-0.4, -0.2) is 22.4 Å². The van der Waals surface area contributed by atoms with Gasteiger partial charge in [-0.1, -0.05) is 69.3 Å². The summed E-state index contributed by atoms with van der Waals surface area (Å²) < 4.78 is 1.70. The number of rotatable bonds is 5. The highest BCUT2D eigenvalue weighted by Gasteiger charge is 2.27. The second kappa shape index (κ2) is 8.39. The minimum Gasteiger partial charge on any atom is -0.382 e. The van der Waals surface area contributed by atoms with Gasteiger partial charge in [-0.2, -0.15) is 5.10 Å². The van der Waals surface area contributed by atoms with Crippen molar-refractivity contribution in [2.45, 2.75) is 39.5 Å². The van der Waals surface area contributed by atoms with Crippen molar-refractivity contribution in [2.75, 3.05) is 17.6 Å². The molecular formula is C23H29N5O. The average molecular weight is 392 g/mol. The van der Waals surface area contributed by atoms with E-state index in [0.29, 0.717) is 18.1 Å². The lowest BCUT2D eigenvalue weighted by Crippen LogP contribution is -2.31. The van der Waals surface area contributed by atoms with Crippen LogP contribution in [0.4, 0.5) is 16.3 Å². The number of urea groups is 1. The summed E-state index contributed by atoms with van der Waals surface area (Å²) in [6.45, 7) is 8.70. The normalized spacial score (nSPS) is 11.3. The number of para-hydroxylation sites is 1. The lowest BCUT2D eigenvalue weighted by Gasteiger charge is -2.18. The molecule has 152 valence electrons. The molecule has 0 saturated carbocycles. The van der Waals surface area contributed by atoms with Crippen molar-refractivity contribution >= 4 is 17.5 Å². The minimum absolute atomic E-state index is 0.283. The Morgan fingerprint density at radius 2 is 1.72 bits per heavy atom. The summed E-state index contributed by atoms with van der Waals surface area (Å²) in [4.78, 5) is 12.5. The molecule has 0 spiro atoms. The molecule has 0 saturated heterocycles. The van der Waals surface area contributed by atoms with Gasteiger partial charge in [-0.15, -0.1) is 0 Å². The number of amides is 2. The van der Waals surface area contributed by atoms with Gasteiger partial charge in [-0.25, -0.2) is 9.48 Å². The number of carbonyl (C=O) groups is 1. The molecule has 0 fully saturated rings. The maximum Gasteiger partial charge on any atom is 0.319 e. The first-order chi connectivity index (χ1) is 13.8. The Morgan fingerprint density at radius 1 is 1.07 bits per heavy atom. The van der Waals surface area contributed by atoms with E-state index in [1.807, 2.05) is 61.5 Å². The quantitative estimate of drug-likeness (QED) is 0.602. The molecule has 0 radical (unpaired) electrons. The van der Waals surface area contributed by atoms with Crippen LogP contribution in [0.15, 0.2) is 54.6 Å². The van der Waals surface area contributed by atoms with Gasteiger partial charge in [0.25, 0.3) is 0 Å². The molecular weight excluding hydrogens is 362 g/mol. The van der Waals surface area contributed by atoms with E-state index in [9.17, 15) is 4.79 Å². The van der Waals surface area contributed by atoms with Crippen molar-refractivity contribution in [3.63, 3.8) is 0 Å². The third kappa shape index (κ3) is 4.77. The summed E-state index contributed by atoms with van der Waals surface area (Å²) >= 11 is 0. The molecule has 6 nitrogen and oxygen atoms in total. The lowest BCUT2D eigenvalue weighted by atomic mass is 9.91. The van der Waals surface area contributed by atoms with Gasteiger partial charge in [0.2, 0.25) is 0 Å². The molecule has 0 unspecified atom stereocenters. The highest BCUT2D eigenvalue weighted by atomic mass is 16.2. The van der Waals surface area contributed by atoms with Crippen molar-refractivity contribution < 1.29 is 4.79 Å². The molecule has 0 atom stereocenters. The van der Waals surface area contributed by atoms with Crippen LogP contribution in [-0.2, 0) is 11.8 Å². The SMILES string of the molecule is Cc1ccccc1-n1nc(C(C)(C)C)c(NC(=O)NCCc2ccccc2)c1N. The number of nitrogens with zero attached hydrogens (tertiary/aromatic N) is 2. The monoisotopic (exact) mass is 391 g/mol. The average Bonchev–Trinajstić information content (AvgIpc) is 3.00. The van der Waals surface area contributed by atoms with Gasteiger partial charge in [0.1, 0.15) is 5.69 Å². The van der Waals surface area contributed by atoms with Crippen molar-refractivity contribution in [3.05, 3.63) is 71.4 Å². The molecule has 0 aliphatic rings. The minimum atomic E-state index is -0.289. The van der Waals surface area contributed by atoms with Gasteiger partial charge in [-0.3, -0.25) is 0 Å². The fourth-order valence-electron chi connectivity index (χ4n) is 3.19. The van der Waals surface area contributed by atoms with E-state index >= 15 is 0 Å². The zero-order valence-corrected chi connectivity index (χ0v) is 17.5. The third-order valence-corrected chi connectivity index (χ3v) is 4.76. The van der Waals surface area contributed by atoms with Crippen LogP contribution >= 0.6 is 0 Å². The summed E-state index contributed by atoms with van der Waals surface area (Å²) in [5, 5.41) is 10.6. The summed E-state index contributed by atoms with van der Waals surface area (Å²) in [5.74, 6) is 0.419. The predicted molar refractivity (Wildman–Crippen MR) is 119 cm³/mol. The number of hydrogen-bond donors (Lipinski definition) is 3. The fourth-order valence-corrected chi connectivity index (χ4v) is 3.19. The van der Waals surface area contributed by atoms with Crippen molar-refractivity contribution in [1.29, 1.82) is 0 Å². The zero-order chi connectivity index (χ0) is 21.0. The van der Waals surface area contributed by atoms with Crippen LogP contribution in [0, 0.1) is 6.92 Å². The molecule has 2 amide bonds. The van der Waals surface area contributed by atoms with E-state index in [1.165, 1.54) is 5.56 Å². The molecule has 29 heavy (non-hydrogen) atoms. The Labute approximate surface area is 172 Å². The van der Waals surface area contributed by atoms with Crippen LogP contribution in [0.1, 0.15) is 37.6 Å². The zero-order valence-electron chi connectivity index (χ0n) is 17.5. The van der Waals surface area contributed by atoms with Gasteiger partial charge in [0, 0.05) is 12.0 Å². The Morgan fingerprint density at radius 3 is 2.38 bits per heavy atom. The standard InChI is InChI=1S/C23H29N5O/c1-16-10-8-9-13-18(16)28-21(24)19(20(27-28)23(2,3)4)26-22(29)25-15-14-17-11-6-5-7-12-17/h5-13H,14-15,24H2,1-4H3,(H2,25,26,29). The highest BCUT2D eigenvalue weighted by Crippen LogP contribution is 2.35. The number of nitrogens with one attached hydrogen (secondary N) is 2. The second-order valence-corrected chi connectivity index (χ2v) is 8.17. The number of benzene rings is 2. The molecule has 6 heteroatoms. The summed E-state index contributed by atoms with van der Waals surface area (Å²) in [5.41, 5.74) is 10.6. The van der Waals surface area contributed by atoms with Gasteiger partial charge in [0.05, 0.1) is 11.4 Å². The van der Waals surface area contributed by atoms with E-state index in [1.54, 1.807) is 4.68 Å². The van der Waals surface area contributed by atoms with Crippen LogP contribution < -0.4 is 16.4 Å². The van der Waals surface area contributed by atoms with Crippen LogP contribution in [0.25, 0.3) is 5.69 Å². The molecule has 1 heterocycles. The molecule has 3 rings (SSSR count). The Balaban J connectivity index is 1.80. The van der Waals surface area contributed by atoms with Gasteiger partial charge < -0.3 is 16.4 Å². The molecule has 2 aromatic carbocycles. The van der Waals surface area contributed by atoms with Gasteiger partial charge >= 0.3 is 6.03 Å². The summed E-state index contributed by atoms with van der Waals surface area (Å²) in [6.07, 6.45) is 0.762. The molecule has 1 aromatic heterocycles. The number of aromatic nitrogens is 2. The summed E-state index contributed by atoms with van der Waals surface area (Å²) in [6, 6.07) is 17.7. The van der Waals surface area contributed by atoms with Gasteiger partial charge in [0.15, 0.2) is 5.82 Å². The second-order valence-electron chi connectivity index (χ2n) is 8.17. The molecule has 0 bridgehead atoms. The summed E-state index contributed by atoms with van der Waals surface area (Å²) in [7, 11) is 0. The van der Waals surface area contributed by atoms with E-state index in [0.717, 1.165) is 23.4 Å². The lowest BCUT2D eigenvalue weighted by molar-refractivity contribution is 0.252. The maximum absolute atomic E-state index is 12.5. The maximum atomic E-state index is 12.5. The number of anilines is 2. The number of nitrogens with two attached hydrogens (primary N) is 1. The van der Waals surface area contributed by atoms with Crippen molar-refractivity contribution in [3.8, 4) is 5.69 Å². The number of hydrogen-bond acceptors (Lipinski definition) is 3. The molecule has 3 aromatic rings. The first-order valence-corrected chi connectivity index (χ1v) is 9.81. The number of nitrogen functional groups attached to an aromatic ring is 1. The van der Waals surface area contributed by atoms with E-state index in [-0.39, 0.29) is 11.4 Å². The van der Waals surface area contributed by atoms with E-state index in [4.69, 9.17) is 10.8 Å². The van der Waals surface area contributed by atoms with Crippen LogP contribution in [0.3, 0.4) is 0 Å². The Kier molecular flexibility index (Phi) is 5.92. The highest BCUT2D eigenvalue weighted by molar-refractivity contribution is 5.93. The van der Waals surface area contributed by atoms with E-state index < -0.39 is 0 Å². The van der Waals surface area contributed by atoms with E-state index in [2.05, 4.69) is 31.4 Å². The topological polar surface area (TPSA) is 85.0 Å². The van der Waals surface area contributed by atoms with Crippen LogP contribution in [0.2, 0.25) is 0 Å². The van der Waals surface area contributed by atoms with Crippen molar-refractivity contribution in [2.24, 2.45) is 0 Å². The number of carbonyl (C=O) groups excluding carboxylic acids is 1. The predicted octanol–water partition coefficient (Wildman–Crippen LogP) is 4.42. The largest absolute Gasteiger partial charge is 0.382 e. The molecule has 0 aliphatic heterocycles.